The van der Waals surface area contributed by atoms with Crippen LogP contribution in [0.2, 0.25) is 0 Å². The van der Waals surface area contributed by atoms with E-state index in [4.69, 9.17) is 0 Å². The van der Waals surface area contributed by atoms with Crippen molar-refractivity contribution in [2.24, 2.45) is 0 Å². The predicted molar refractivity (Wildman–Crippen MR) is 571 cm³/mol. The molecule has 4 aliphatic carbocycles. The molecular formula is C130H76N2S2. The van der Waals surface area contributed by atoms with Crippen LogP contribution in [0.25, 0.3) is 204 Å². The van der Waals surface area contributed by atoms with Gasteiger partial charge in [0.05, 0.1) is 10.8 Å². The van der Waals surface area contributed by atoms with Crippen LogP contribution in [0.15, 0.2) is 461 Å². The lowest BCUT2D eigenvalue weighted by Gasteiger charge is -2.32. The van der Waals surface area contributed by atoms with Crippen LogP contribution in [0, 0.1) is 0 Å². The minimum Gasteiger partial charge on any atom is -0.310 e. The zero-order chi connectivity index (χ0) is 87.3. The highest BCUT2D eigenvalue weighted by Crippen LogP contribution is 2.67. The zero-order valence-electron chi connectivity index (χ0n) is 72.6. The van der Waals surface area contributed by atoms with Gasteiger partial charge < -0.3 is 9.80 Å². The van der Waals surface area contributed by atoms with Crippen molar-refractivity contribution < 1.29 is 0 Å². The third-order valence-corrected chi connectivity index (χ3v) is 32.9. The Morgan fingerprint density at radius 2 is 0.478 bits per heavy atom. The summed E-state index contributed by atoms with van der Waals surface area (Å²) in [6.45, 7) is 0. The van der Waals surface area contributed by atoms with Gasteiger partial charge in [-0.3, -0.25) is 0 Å². The van der Waals surface area contributed by atoms with Gasteiger partial charge in [0.15, 0.2) is 0 Å². The smallest absolute Gasteiger partial charge is 0.0726 e. The first-order valence-corrected chi connectivity index (χ1v) is 48.2. The van der Waals surface area contributed by atoms with Gasteiger partial charge in [-0.2, -0.15) is 0 Å². The number of rotatable bonds is 9. The Morgan fingerprint density at radius 3 is 1.03 bits per heavy atom. The quantitative estimate of drug-likeness (QED) is 0.133. The molecule has 2 aromatic heterocycles. The van der Waals surface area contributed by atoms with Crippen LogP contribution in [0.4, 0.5) is 34.1 Å². The molecule has 24 aromatic carbocycles. The molecule has 0 fully saturated rings. The Bertz CT molecular complexity index is 9540. The largest absolute Gasteiger partial charge is 0.310 e. The van der Waals surface area contributed by atoms with Gasteiger partial charge >= 0.3 is 0 Å². The number of hydrogen-bond donors (Lipinski definition) is 0. The van der Waals surface area contributed by atoms with Gasteiger partial charge in [0.2, 0.25) is 0 Å². The van der Waals surface area contributed by atoms with Crippen molar-refractivity contribution in [3.05, 3.63) is 506 Å². The van der Waals surface area contributed by atoms with Crippen LogP contribution in [0.3, 0.4) is 0 Å². The Hall–Kier alpha value is -16.6. The molecule has 0 radical (unpaired) electrons. The molecule has 26 aromatic rings. The molecule has 30 rings (SSSR count). The van der Waals surface area contributed by atoms with Crippen LogP contribution in [-0.4, -0.2) is 0 Å². The van der Waals surface area contributed by atoms with E-state index in [1.54, 1.807) is 0 Å². The van der Waals surface area contributed by atoms with Gasteiger partial charge in [-0.05, 0) is 312 Å². The molecule has 2 heterocycles. The summed E-state index contributed by atoms with van der Waals surface area (Å²) in [5, 5.41) is 25.1. The topological polar surface area (TPSA) is 6.48 Å². The minimum absolute atomic E-state index is 0.545. The highest BCUT2D eigenvalue weighted by molar-refractivity contribution is 7.26. The first-order valence-electron chi connectivity index (χ1n) is 46.6. The van der Waals surface area contributed by atoms with Gasteiger partial charge in [0, 0.05) is 74.5 Å². The summed E-state index contributed by atoms with van der Waals surface area (Å²) in [4.78, 5) is 5.08. The number of thiophene rings is 2. The molecule has 0 N–H and O–H groups in total. The van der Waals surface area contributed by atoms with Crippen molar-refractivity contribution in [3.8, 4) is 77.9 Å². The lowest BCUT2D eigenvalue weighted by Crippen LogP contribution is -2.26. The van der Waals surface area contributed by atoms with Crippen molar-refractivity contribution >= 4 is 183 Å². The molecule has 618 valence electrons. The normalized spacial score (nSPS) is 13.3. The highest BCUT2D eigenvalue weighted by Gasteiger charge is 2.54. The molecule has 0 bridgehead atoms. The average molecular weight is 1730 g/mol. The standard InChI is InChI=1S/C130H76N2S2/c1-2-26-87-77(25-1)56-70-123-128(87)127-88(42-24-50-122(127)134-123)78-51-57-81(58-52-78)131(83-61-65-96-92-29-4-3-27-90(92)91-28-5-6-31-94(91)110(96)72-83)86-64-68-104-112-71-80(55-69-118(112)130(120(104)75-86)115-46-19-13-35-100(115)101-36-14-20-47-116(101)130)89-41-23-43-107-111-73-84(62-66-97(111)93-30-7-9-38-105(93)125(89)107)132(82-59-53-79(54-60-82)109-76-124-126(106-39-10-8-32-95(106)109)108-40-16-22-49-121(108)133-124)85-63-67-103-102-37-15-21-48-117(102)129(119(103)74-85)113-44-17-11-33-98(113)99-34-12-18-45-114(99)129/h1-76H. The molecule has 4 heteroatoms. The summed E-state index contributed by atoms with van der Waals surface area (Å²) >= 11 is 3.77. The third kappa shape index (κ3) is 10.1. The number of anilines is 6. The monoisotopic (exact) mass is 1730 g/mol. The number of benzene rings is 24. The number of nitrogens with zero attached hydrogens (tertiary/aromatic N) is 2. The lowest BCUT2D eigenvalue weighted by atomic mass is 9.70. The lowest BCUT2D eigenvalue weighted by molar-refractivity contribution is 0.793. The predicted octanol–water partition coefficient (Wildman–Crippen LogP) is 36.3. The minimum atomic E-state index is -0.672. The van der Waals surface area contributed by atoms with Gasteiger partial charge in [0.25, 0.3) is 0 Å². The second-order valence-electron chi connectivity index (χ2n) is 36.9. The van der Waals surface area contributed by atoms with E-state index in [2.05, 4.69) is 471 Å². The fourth-order valence-corrected chi connectivity index (χ4v) is 27.5. The molecule has 2 spiro atoms. The molecule has 0 saturated heterocycles. The van der Waals surface area contributed by atoms with Crippen LogP contribution >= 0.6 is 22.7 Å². The van der Waals surface area contributed by atoms with Gasteiger partial charge in [-0.15, -0.1) is 22.7 Å². The van der Waals surface area contributed by atoms with Crippen LogP contribution < -0.4 is 9.80 Å². The Morgan fingerprint density at radius 1 is 0.142 bits per heavy atom. The molecule has 0 saturated carbocycles. The molecule has 134 heavy (non-hydrogen) atoms. The average Bonchev–Trinajstić information content (AvgIpc) is 1.51. The second-order valence-corrected chi connectivity index (χ2v) is 39.1. The van der Waals surface area contributed by atoms with Gasteiger partial charge in [0.1, 0.15) is 0 Å². The van der Waals surface area contributed by atoms with Crippen LogP contribution in [0.1, 0.15) is 44.5 Å². The summed E-state index contributed by atoms with van der Waals surface area (Å²) < 4.78 is 5.21. The molecule has 0 amide bonds. The SMILES string of the molecule is c1ccc2c(c1)-c1ccccc1C21c2ccccc2-c2ccc(N(c3ccc(-c4cc5sc6ccccc6c5c5ccccc45)cc3)c3ccc4c5ccccc5c5c(-c6ccc7c(c6)-c6ccc(N(c8ccc(-c9cccc%10sc%11ccc%12ccccc%12c%11c9%10)cc8)c8ccc9c%10ccccc%10c%10ccccc%10c9c8)cc6C76c7ccccc7-c7ccccc76)cccc5c4c3)cc21. The molecule has 4 aliphatic rings. The van der Waals surface area contributed by atoms with Crippen molar-refractivity contribution in [2.45, 2.75) is 10.8 Å². The van der Waals surface area contributed by atoms with E-state index in [-0.39, 0.29) is 0 Å². The summed E-state index contributed by atoms with van der Waals surface area (Å²) in [6.07, 6.45) is 0. The first-order chi connectivity index (χ1) is 66.5. The number of fused-ring (bicyclic) bond motifs is 42. The molecule has 0 atom stereocenters. The maximum Gasteiger partial charge on any atom is 0.0726 e. The summed E-state index contributed by atoms with van der Waals surface area (Å²) in [5.41, 5.74) is 33.0. The maximum atomic E-state index is 2.57. The van der Waals surface area contributed by atoms with E-state index in [0.29, 0.717) is 0 Å². The molecule has 0 aliphatic heterocycles. The summed E-state index contributed by atoms with van der Waals surface area (Å²) in [5.74, 6) is 0. The van der Waals surface area contributed by atoms with E-state index in [9.17, 15) is 0 Å². The van der Waals surface area contributed by atoms with Crippen molar-refractivity contribution in [1.82, 2.24) is 0 Å². The molecular weight excluding hydrogens is 1650 g/mol. The first kappa shape index (κ1) is 74.2. The Labute approximate surface area is 781 Å². The van der Waals surface area contributed by atoms with Crippen molar-refractivity contribution in [2.75, 3.05) is 9.80 Å². The zero-order valence-corrected chi connectivity index (χ0v) is 74.2. The van der Waals surface area contributed by atoms with Crippen molar-refractivity contribution in [1.29, 1.82) is 0 Å². The van der Waals surface area contributed by atoms with E-state index in [1.807, 2.05) is 22.7 Å². The fourth-order valence-electron chi connectivity index (χ4n) is 25.2. The second kappa shape index (κ2) is 28.0. The van der Waals surface area contributed by atoms with Crippen LogP contribution in [0.5, 0.6) is 0 Å². The Balaban J connectivity index is 0.608. The van der Waals surface area contributed by atoms with Gasteiger partial charge in [-0.1, -0.05) is 358 Å². The summed E-state index contributed by atoms with van der Waals surface area (Å²) in [7, 11) is 0. The molecule has 0 unspecified atom stereocenters. The maximum absolute atomic E-state index is 2.57. The van der Waals surface area contributed by atoms with E-state index in [1.165, 1.54) is 249 Å². The number of hydrogen-bond acceptors (Lipinski definition) is 4. The summed E-state index contributed by atoms with van der Waals surface area (Å²) in [6, 6.07) is 177. The van der Waals surface area contributed by atoms with E-state index >= 15 is 0 Å². The fraction of sp³-hybridized carbons (Fsp3) is 0.0154. The van der Waals surface area contributed by atoms with E-state index in [0.717, 1.165) is 34.1 Å². The highest BCUT2D eigenvalue weighted by atomic mass is 32.1. The third-order valence-electron chi connectivity index (χ3n) is 30.6. The Kier molecular flexibility index (Phi) is 15.5. The van der Waals surface area contributed by atoms with Crippen molar-refractivity contribution in [3.63, 3.8) is 0 Å². The van der Waals surface area contributed by atoms with Gasteiger partial charge in [-0.25, -0.2) is 0 Å². The van der Waals surface area contributed by atoms with E-state index < -0.39 is 10.8 Å². The molecule has 2 nitrogen and oxygen atoms in total. The van der Waals surface area contributed by atoms with Crippen LogP contribution in [-0.2, 0) is 10.8 Å².